The van der Waals surface area contributed by atoms with Gasteiger partial charge >= 0.3 is 0 Å². The first kappa shape index (κ1) is 26.9. The Labute approximate surface area is 235 Å². The number of thioether (sulfide) groups is 1. The molecular formula is C32H35N3O3S. The van der Waals surface area contributed by atoms with Crippen LogP contribution in [-0.2, 0) is 11.3 Å². The van der Waals surface area contributed by atoms with E-state index in [-0.39, 0.29) is 11.4 Å². The monoisotopic (exact) mass is 541 g/mol. The fraction of sp³-hybridized carbons (Fsp3) is 0.312. The Balaban J connectivity index is 1.53. The quantitative estimate of drug-likeness (QED) is 0.286. The zero-order valence-electron chi connectivity index (χ0n) is 23.4. The summed E-state index contributed by atoms with van der Waals surface area (Å²) in [4.78, 5) is 23.3. The second-order valence-corrected chi connectivity index (χ2v) is 11.5. The highest BCUT2D eigenvalue weighted by Crippen LogP contribution is 2.42. The molecule has 1 aromatic heterocycles. The Morgan fingerprint density at radius 3 is 2.56 bits per heavy atom. The molecule has 0 unspecified atom stereocenters. The van der Waals surface area contributed by atoms with Gasteiger partial charge in [0.15, 0.2) is 5.17 Å². The summed E-state index contributed by atoms with van der Waals surface area (Å²) >= 11 is 1.39. The summed E-state index contributed by atoms with van der Waals surface area (Å²) in [6.45, 7) is 12.4. The fourth-order valence-corrected chi connectivity index (χ4v) is 6.22. The van der Waals surface area contributed by atoms with Crippen LogP contribution in [0.3, 0.4) is 0 Å². The molecule has 0 saturated carbocycles. The van der Waals surface area contributed by atoms with E-state index in [0.29, 0.717) is 22.4 Å². The molecule has 0 radical (unpaired) electrons. The van der Waals surface area contributed by atoms with Crippen LogP contribution in [0.15, 0.2) is 75.2 Å². The number of fused-ring (bicyclic) bond motifs is 1. The molecule has 0 aliphatic carbocycles. The smallest absolute Gasteiger partial charge is 0.267 e. The van der Waals surface area contributed by atoms with Crippen molar-refractivity contribution in [1.29, 1.82) is 0 Å². The number of anilines is 1. The lowest BCUT2D eigenvalue weighted by Crippen LogP contribution is -2.45. The van der Waals surface area contributed by atoms with E-state index in [1.54, 1.807) is 18.3 Å². The molecular weight excluding hydrogens is 506 g/mol. The number of ether oxygens (including phenoxy) is 1. The minimum Gasteiger partial charge on any atom is -0.497 e. The maximum Gasteiger partial charge on any atom is 0.267 e. The molecule has 3 heterocycles. The van der Waals surface area contributed by atoms with E-state index >= 15 is 0 Å². The zero-order valence-corrected chi connectivity index (χ0v) is 24.3. The molecule has 2 aliphatic heterocycles. The first-order chi connectivity index (χ1) is 18.7. The van der Waals surface area contributed by atoms with Gasteiger partial charge in [0.05, 0.1) is 36.0 Å². The standard InChI is InChI=1S/C32H35N3O3S/c1-7-14-35-28-16-21(2)23(17-27(28)22(3)19-32(35,4)5)18-29-30(36)34(20-26-9-8-15-38-26)31(39-29)33-24-10-12-25(37-6)13-11-24/h8-13,15-19H,7,14,20H2,1-6H3/b29-18+,33-31?. The Morgan fingerprint density at radius 1 is 1.13 bits per heavy atom. The number of furan rings is 1. The number of rotatable bonds is 7. The van der Waals surface area contributed by atoms with E-state index in [9.17, 15) is 4.79 Å². The third-order valence-corrected chi connectivity index (χ3v) is 8.19. The molecule has 202 valence electrons. The molecule has 39 heavy (non-hydrogen) atoms. The number of benzene rings is 2. The van der Waals surface area contributed by atoms with Crippen LogP contribution < -0.4 is 9.64 Å². The van der Waals surface area contributed by atoms with Gasteiger partial charge in [-0.1, -0.05) is 13.0 Å². The number of hydrogen-bond acceptors (Lipinski definition) is 6. The zero-order chi connectivity index (χ0) is 27.7. The van der Waals surface area contributed by atoms with Gasteiger partial charge < -0.3 is 14.1 Å². The number of hydrogen-bond donors (Lipinski definition) is 0. The first-order valence-corrected chi connectivity index (χ1v) is 14.1. The normalized spacial score (nSPS) is 18.6. The molecule has 0 bridgehead atoms. The molecule has 1 fully saturated rings. The average Bonchev–Trinajstić information content (AvgIpc) is 3.52. The summed E-state index contributed by atoms with van der Waals surface area (Å²) in [7, 11) is 1.64. The van der Waals surface area contributed by atoms with Crippen LogP contribution >= 0.6 is 11.8 Å². The summed E-state index contributed by atoms with van der Waals surface area (Å²) in [6.07, 6.45) is 7.05. The average molecular weight is 542 g/mol. The van der Waals surface area contributed by atoms with Crippen molar-refractivity contribution in [1.82, 2.24) is 4.90 Å². The number of allylic oxidation sites excluding steroid dienone is 1. The first-order valence-electron chi connectivity index (χ1n) is 13.3. The van der Waals surface area contributed by atoms with Gasteiger partial charge in [-0.15, -0.1) is 0 Å². The molecule has 6 nitrogen and oxygen atoms in total. The summed E-state index contributed by atoms with van der Waals surface area (Å²) < 4.78 is 10.8. The molecule has 1 amide bonds. The van der Waals surface area contributed by atoms with Crippen molar-refractivity contribution in [3.8, 4) is 5.75 Å². The SMILES string of the molecule is CCCN1c2cc(C)c(/C=C3/SC(=Nc4ccc(OC)cc4)N(Cc4ccco4)C3=O)cc2C(C)=CC1(C)C. The highest BCUT2D eigenvalue weighted by atomic mass is 32.2. The van der Waals surface area contributed by atoms with Crippen molar-refractivity contribution in [3.05, 3.63) is 88.2 Å². The van der Waals surface area contributed by atoms with Gasteiger partial charge in [-0.2, -0.15) is 0 Å². The van der Waals surface area contributed by atoms with Crippen LogP contribution in [0.1, 0.15) is 56.6 Å². The maximum absolute atomic E-state index is 13.7. The van der Waals surface area contributed by atoms with Crippen molar-refractivity contribution in [3.63, 3.8) is 0 Å². The summed E-state index contributed by atoms with van der Waals surface area (Å²) in [5, 5.41) is 0.621. The molecule has 7 heteroatoms. The fourth-order valence-electron chi connectivity index (χ4n) is 5.23. The van der Waals surface area contributed by atoms with Crippen LogP contribution in [0.2, 0.25) is 0 Å². The molecule has 5 rings (SSSR count). The van der Waals surface area contributed by atoms with Gasteiger partial charge in [0.25, 0.3) is 5.91 Å². The topological polar surface area (TPSA) is 58.3 Å². The number of amidine groups is 1. The van der Waals surface area contributed by atoms with Crippen LogP contribution in [0, 0.1) is 6.92 Å². The van der Waals surface area contributed by atoms with Gasteiger partial charge in [-0.25, -0.2) is 4.99 Å². The Kier molecular flexibility index (Phi) is 7.45. The third-order valence-electron chi connectivity index (χ3n) is 7.18. The van der Waals surface area contributed by atoms with Crippen LogP contribution in [-0.4, -0.2) is 35.2 Å². The number of carbonyl (C=O) groups excluding carboxylic acids is 1. The van der Waals surface area contributed by atoms with Gasteiger partial charge in [-0.05, 0) is 117 Å². The van der Waals surface area contributed by atoms with Crippen molar-refractivity contribution in [2.75, 3.05) is 18.6 Å². The number of aliphatic imine (C=N–C) groups is 1. The van der Waals surface area contributed by atoms with Crippen molar-refractivity contribution >= 4 is 45.9 Å². The molecule has 0 atom stereocenters. The Hall–Kier alpha value is -3.71. The minimum atomic E-state index is -0.0817. The summed E-state index contributed by atoms with van der Waals surface area (Å²) in [5.74, 6) is 1.38. The van der Waals surface area contributed by atoms with Crippen molar-refractivity contribution < 1.29 is 13.9 Å². The van der Waals surface area contributed by atoms with Crippen LogP contribution in [0.25, 0.3) is 11.6 Å². The van der Waals surface area contributed by atoms with E-state index in [1.165, 1.54) is 28.6 Å². The molecule has 0 spiro atoms. The number of carbonyl (C=O) groups is 1. The van der Waals surface area contributed by atoms with Crippen LogP contribution in [0.4, 0.5) is 11.4 Å². The number of amides is 1. The van der Waals surface area contributed by atoms with E-state index in [4.69, 9.17) is 14.1 Å². The highest BCUT2D eigenvalue weighted by molar-refractivity contribution is 8.18. The third kappa shape index (κ3) is 5.41. The van der Waals surface area contributed by atoms with Crippen molar-refractivity contribution in [2.24, 2.45) is 4.99 Å². The van der Waals surface area contributed by atoms with Crippen LogP contribution in [0.5, 0.6) is 5.75 Å². The van der Waals surface area contributed by atoms with Gasteiger partial charge in [0.2, 0.25) is 0 Å². The summed E-state index contributed by atoms with van der Waals surface area (Å²) in [6, 6.07) is 15.7. The van der Waals surface area contributed by atoms with Gasteiger partial charge in [0, 0.05) is 17.8 Å². The Bertz CT molecular complexity index is 1470. The van der Waals surface area contributed by atoms with Gasteiger partial charge in [0.1, 0.15) is 11.5 Å². The molecule has 0 N–H and O–H groups in total. The molecule has 1 saturated heterocycles. The van der Waals surface area contributed by atoms with E-state index in [1.807, 2.05) is 42.5 Å². The predicted molar refractivity (Wildman–Crippen MR) is 161 cm³/mol. The second kappa shape index (κ2) is 10.8. The molecule has 3 aromatic rings. The predicted octanol–water partition coefficient (Wildman–Crippen LogP) is 7.81. The van der Waals surface area contributed by atoms with Crippen molar-refractivity contribution in [2.45, 2.75) is 53.1 Å². The lowest BCUT2D eigenvalue weighted by atomic mass is 9.86. The van der Waals surface area contributed by atoms with E-state index in [2.05, 4.69) is 57.7 Å². The number of aryl methyl sites for hydroxylation is 1. The highest BCUT2D eigenvalue weighted by Gasteiger charge is 2.35. The lowest BCUT2D eigenvalue weighted by molar-refractivity contribution is -0.122. The maximum atomic E-state index is 13.7. The Morgan fingerprint density at radius 2 is 1.90 bits per heavy atom. The lowest BCUT2D eigenvalue weighted by Gasteiger charge is -2.43. The van der Waals surface area contributed by atoms with Gasteiger partial charge in [-0.3, -0.25) is 9.69 Å². The number of nitrogens with zero attached hydrogens (tertiary/aromatic N) is 3. The second-order valence-electron chi connectivity index (χ2n) is 10.5. The molecule has 2 aliphatic rings. The van der Waals surface area contributed by atoms with E-state index < -0.39 is 0 Å². The molecule has 2 aromatic carbocycles. The minimum absolute atomic E-state index is 0.0457. The largest absolute Gasteiger partial charge is 0.497 e. The summed E-state index contributed by atoms with van der Waals surface area (Å²) in [5.41, 5.74) is 6.62. The number of methoxy groups -OCH3 is 1. The van der Waals surface area contributed by atoms with E-state index in [0.717, 1.165) is 35.5 Å².